The van der Waals surface area contributed by atoms with Gasteiger partial charge in [0.25, 0.3) is 0 Å². The Labute approximate surface area is 186 Å². The van der Waals surface area contributed by atoms with Crippen LogP contribution >= 0.6 is 0 Å². The highest BCUT2D eigenvalue weighted by atomic mass is 19.1. The molecule has 0 radical (unpaired) electrons. The van der Waals surface area contributed by atoms with Gasteiger partial charge in [-0.15, -0.1) is 0 Å². The number of pyridine rings is 1. The SMILES string of the molecule is COC1=CC(F)C(C(CC=O)CN(C)c2nc(N3CC4(COC4)C3)ccc2OC)C(F)=C1. The van der Waals surface area contributed by atoms with Gasteiger partial charge in [-0.1, -0.05) is 0 Å². The summed E-state index contributed by atoms with van der Waals surface area (Å²) in [6, 6.07) is 3.75. The molecule has 2 fully saturated rings. The summed E-state index contributed by atoms with van der Waals surface area (Å²) in [5.74, 6) is -0.199. The molecule has 0 bridgehead atoms. The van der Waals surface area contributed by atoms with E-state index < -0.39 is 23.8 Å². The Morgan fingerprint density at radius 2 is 2.09 bits per heavy atom. The number of rotatable bonds is 9. The van der Waals surface area contributed by atoms with Crippen LogP contribution in [-0.4, -0.2) is 71.6 Å². The number of nitrogens with zero attached hydrogens (tertiary/aromatic N) is 3. The molecule has 3 atom stereocenters. The van der Waals surface area contributed by atoms with Crippen LogP contribution in [-0.2, 0) is 14.3 Å². The predicted octanol–water partition coefficient (Wildman–Crippen LogP) is 2.92. The van der Waals surface area contributed by atoms with E-state index in [0.717, 1.165) is 32.1 Å². The number of allylic oxidation sites excluding steroid dienone is 3. The van der Waals surface area contributed by atoms with Crippen LogP contribution in [0.4, 0.5) is 20.4 Å². The highest BCUT2D eigenvalue weighted by Gasteiger charge is 2.49. The van der Waals surface area contributed by atoms with E-state index in [1.165, 1.54) is 19.3 Å². The molecule has 4 rings (SSSR count). The van der Waals surface area contributed by atoms with Crippen LogP contribution in [0.15, 0.2) is 35.9 Å². The van der Waals surface area contributed by atoms with Crippen molar-refractivity contribution in [2.45, 2.75) is 12.6 Å². The molecule has 0 N–H and O–H groups in total. The fourth-order valence-electron chi connectivity index (χ4n) is 4.73. The smallest absolute Gasteiger partial charge is 0.173 e. The Morgan fingerprint density at radius 3 is 2.66 bits per heavy atom. The minimum atomic E-state index is -1.59. The van der Waals surface area contributed by atoms with Gasteiger partial charge < -0.3 is 28.8 Å². The maximum Gasteiger partial charge on any atom is 0.173 e. The molecule has 174 valence electrons. The lowest BCUT2D eigenvalue weighted by Crippen LogP contribution is -2.66. The average Bonchev–Trinajstić information content (AvgIpc) is 2.71. The van der Waals surface area contributed by atoms with Crippen molar-refractivity contribution in [1.82, 2.24) is 4.98 Å². The van der Waals surface area contributed by atoms with Gasteiger partial charge in [0.05, 0.1) is 38.8 Å². The van der Waals surface area contributed by atoms with E-state index in [1.54, 1.807) is 19.1 Å². The number of ether oxygens (including phenoxy) is 3. The molecule has 0 saturated carbocycles. The van der Waals surface area contributed by atoms with Crippen molar-refractivity contribution in [1.29, 1.82) is 0 Å². The van der Waals surface area contributed by atoms with Gasteiger partial charge in [-0.05, 0) is 24.1 Å². The number of carbonyl (C=O) groups excluding carboxylic acids is 1. The summed E-state index contributed by atoms with van der Waals surface area (Å²) in [6.07, 6.45) is 1.56. The van der Waals surface area contributed by atoms with Crippen molar-refractivity contribution in [2.75, 3.05) is 63.9 Å². The van der Waals surface area contributed by atoms with Crippen LogP contribution in [0, 0.1) is 17.3 Å². The second-order valence-corrected chi connectivity index (χ2v) is 8.86. The molecule has 2 aliphatic heterocycles. The van der Waals surface area contributed by atoms with Gasteiger partial charge in [0, 0.05) is 39.2 Å². The summed E-state index contributed by atoms with van der Waals surface area (Å²) in [6.45, 7) is 3.57. The number of anilines is 2. The molecule has 3 heterocycles. The first-order valence-corrected chi connectivity index (χ1v) is 10.7. The Morgan fingerprint density at radius 1 is 1.34 bits per heavy atom. The molecule has 2 saturated heterocycles. The fraction of sp³-hybridized carbons (Fsp3) is 0.565. The number of hydrogen-bond acceptors (Lipinski definition) is 7. The van der Waals surface area contributed by atoms with Crippen LogP contribution in [0.25, 0.3) is 0 Å². The Bertz CT molecular complexity index is 911. The summed E-state index contributed by atoms with van der Waals surface area (Å²) in [7, 11) is 4.71. The third-order valence-electron chi connectivity index (χ3n) is 6.52. The topological polar surface area (TPSA) is 64.1 Å². The maximum atomic E-state index is 14.8. The molecule has 3 unspecified atom stereocenters. The molecule has 3 aliphatic rings. The standard InChI is InChI=1S/C23H29F2N3O4/c1-27(10-15(6-7-29)21-17(24)8-16(30-2)9-18(21)25)22-19(31-3)4-5-20(26-22)28-11-23(12-28)13-32-14-23/h4-5,7-9,15,17,21H,6,10-14H2,1-3H3. The molecule has 1 aliphatic carbocycles. The van der Waals surface area contributed by atoms with E-state index in [4.69, 9.17) is 19.2 Å². The lowest BCUT2D eigenvalue weighted by Gasteiger charge is -2.55. The molecule has 1 aromatic heterocycles. The summed E-state index contributed by atoms with van der Waals surface area (Å²) in [5, 5.41) is 0. The summed E-state index contributed by atoms with van der Waals surface area (Å²) < 4.78 is 45.4. The van der Waals surface area contributed by atoms with Gasteiger partial charge in [-0.25, -0.2) is 13.8 Å². The van der Waals surface area contributed by atoms with E-state index in [-0.39, 0.29) is 24.1 Å². The van der Waals surface area contributed by atoms with Crippen molar-refractivity contribution >= 4 is 17.9 Å². The third kappa shape index (κ3) is 4.18. The zero-order valence-corrected chi connectivity index (χ0v) is 18.6. The van der Waals surface area contributed by atoms with E-state index in [2.05, 4.69) is 4.90 Å². The van der Waals surface area contributed by atoms with Crippen molar-refractivity contribution in [2.24, 2.45) is 17.3 Å². The molecule has 32 heavy (non-hydrogen) atoms. The van der Waals surface area contributed by atoms with Gasteiger partial charge in [0.1, 0.15) is 29.9 Å². The van der Waals surface area contributed by atoms with E-state index in [9.17, 15) is 13.6 Å². The first kappa shape index (κ1) is 22.5. The number of hydrogen-bond donors (Lipinski definition) is 0. The van der Waals surface area contributed by atoms with Crippen LogP contribution in [0.5, 0.6) is 5.75 Å². The Kier molecular flexibility index (Phi) is 6.37. The zero-order valence-electron chi connectivity index (χ0n) is 18.6. The zero-order chi connectivity index (χ0) is 22.9. The van der Waals surface area contributed by atoms with Crippen molar-refractivity contribution in [3.8, 4) is 5.75 Å². The average molecular weight is 449 g/mol. The minimum Gasteiger partial charge on any atom is -0.497 e. The second-order valence-electron chi connectivity index (χ2n) is 8.86. The number of aromatic nitrogens is 1. The van der Waals surface area contributed by atoms with Gasteiger partial charge in [-0.3, -0.25) is 0 Å². The van der Waals surface area contributed by atoms with Gasteiger partial charge in [0.2, 0.25) is 0 Å². The number of methoxy groups -OCH3 is 2. The van der Waals surface area contributed by atoms with E-state index in [1.807, 2.05) is 12.1 Å². The summed E-state index contributed by atoms with van der Waals surface area (Å²) in [5.41, 5.74) is 0.248. The van der Waals surface area contributed by atoms with Crippen LogP contribution in [0.1, 0.15) is 6.42 Å². The van der Waals surface area contributed by atoms with Gasteiger partial charge >= 0.3 is 0 Å². The first-order valence-electron chi connectivity index (χ1n) is 10.7. The second kappa shape index (κ2) is 9.05. The molecule has 7 nitrogen and oxygen atoms in total. The molecule has 9 heteroatoms. The van der Waals surface area contributed by atoms with E-state index >= 15 is 0 Å². The predicted molar refractivity (Wildman–Crippen MR) is 116 cm³/mol. The number of aldehydes is 1. The van der Waals surface area contributed by atoms with Crippen LogP contribution in [0.2, 0.25) is 0 Å². The van der Waals surface area contributed by atoms with Gasteiger partial charge in [0.15, 0.2) is 11.6 Å². The highest BCUT2D eigenvalue weighted by Crippen LogP contribution is 2.41. The Balaban J connectivity index is 1.52. The van der Waals surface area contributed by atoms with Crippen LogP contribution < -0.4 is 14.5 Å². The lowest BCUT2D eigenvalue weighted by atomic mass is 9.78. The summed E-state index contributed by atoms with van der Waals surface area (Å²) >= 11 is 0. The molecule has 0 amide bonds. The molecule has 1 aromatic rings. The number of halogens is 2. The normalized spacial score (nSPS) is 24.6. The first-order chi connectivity index (χ1) is 15.4. The highest BCUT2D eigenvalue weighted by molar-refractivity contribution is 5.59. The lowest BCUT2D eigenvalue weighted by molar-refractivity contribution is -0.127. The fourth-order valence-corrected chi connectivity index (χ4v) is 4.73. The monoisotopic (exact) mass is 449 g/mol. The Hall–Kier alpha value is -2.68. The van der Waals surface area contributed by atoms with Crippen LogP contribution in [0.3, 0.4) is 0 Å². The van der Waals surface area contributed by atoms with Crippen molar-refractivity contribution in [3.05, 3.63) is 35.9 Å². The quantitative estimate of drug-likeness (QED) is 0.537. The molecule has 0 aromatic carbocycles. The maximum absolute atomic E-state index is 14.8. The third-order valence-corrected chi connectivity index (χ3v) is 6.52. The van der Waals surface area contributed by atoms with Gasteiger partial charge in [-0.2, -0.15) is 0 Å². The molecular formula is C23H29F2N3O4. The molecule has 1 spiro atoms. The molecular weight excluding hydrogens is 420 g/mol. The number of carbonyl (C=O) groups is 1. The van der Waals surface area contributed by atoms with Crippen molar-refractivity contribution in [3.63, 3.8) is 0 Å². The van der Waals surface area contributed by atoms with Crippen molar-refractivity contribution < 1.29 is 27.8 Å². The van der Waals surface area contributed by atoms with E-state index in [0.29, 0.717) is 17.9 Å². The number of alkyl halides is 1. The minimum absolute atomic E-state index is 0.0174. The summed E-state index contributed by atoms with van der Waals surface area (Å²) in [4.78, 5) is 20.1. The largest absolute Gasteiger partial charge is 0.497 e.